The molecular formula is C11H15FN2O2. The Hall–Kier alpha value is -1.65. The second-order valence-corrected chi connectivity index (χ2v) is 3.83. The fourth-order valence-electron chi connectivity index (χ4n) is 1.31. The number of aryl methyl sites for hydroxylation is 1. The molecule has 0 saturated heterocycles. The number of rotatable bonds is 4. The Morgan fingerprint density at radius 1 is 1.56 bits per heavy atom. The zero-order chi connectivity index (χ0) is 12.3. The molecule has 1 rings (SSSR count). The molecule has 1 aromatic rings. The molecule has 0 saturated carbocycles. The smallest absolute Gasteiger partial charge is 0.295 e. The molecule has 0 aliphatic rings. The van der Waals surface area contributed by atoms with Crippen molar-refractivity contribution >= 4 is 11.4 Å². The molecule has 4 nitrogen and oxygen atoms in total. The molecule has 1 atom stereocenters. The minimum atomic E-state index is -0.576. The van der Waals surface area contributed by atoms with Crippen LogP contribution in [0.15, 0.2) is 12.1 Å². The average molecular weight is 226 g/mol. The van der Waals surface area contributed by atoms with Crippen molar-refractivity contribution in [2.24, 2.45) is 0 Å². The lowest BCUT2D eigenvalue weighted by molar-refractivity contribution is -0.384. The molecule has 0 spiro atoms. The Morgan fingerprint density at radius 2 is 2.19 bits per heavy atom. The Morgan fingerprint density at radius 3 is 2.69 bits per heavy atom. The van der Waals surface area contributed by atoms with Gasteiger partial charge in [-0.1, -0.05) is 6.92 Å². The van der Waals surface area contributed by atoms with Crippen molar-refractivity contribution in [3.63, 3.8) is 0 Å². The highest BCUT2D eigenvalue weighted by molar-refractivity contribution is 5.63. The molecule has 0 aliphatic heterocycles. The summed E-state index contributed by atoms with van der Waals surface area (Å²) in [7, 11) is 0. The van der Waals surface area contributed by atoms with Gasteiger partial charge in [0.05, 0.1) is 11.0 Å². The van der Waals surface area contributed by atoms with Crippen LogP contribution in [0.4, 0.5) is 15.8 Å². The number of halogens is 1. The van der Waals surface area contributed by atoms with Crippen molar-refractivity contribution < 1.29 is 9.31 Å². The van der Waals surface area contributed by atoms with Crippen molar-refractivity contribution in [1.29, 1.82) is 0 Å². The molecule has 16 heavy (non-hydrogen) atoms. The van der Waals surface area contributed by atoms with E-state index in [1.807, 2.05) is 13.8 Å². The van der Waals surface area contributed by atoms with Crippen LogP contribution in [0, 0.1) is 22.9 Å². The Balaban J connectivity index is 3.14. The third-order valence-electron chi connectivity index (χ3n) is 2.49. The highest BCUT2D eigenvalue weighted by atomic mass is 19.1. The van der Waals surface area contributed by atoms with Crippen molar-refractivity contribution in [3.05, 3.63) is 33.6 Å². The van der Waals surface area contributed by atoms with Crippen LogP contribution in [0.1, 0.15) is 25.8 Å². The predicted molar refractivity (Wildman–Crippen MR) is 61.2 cm³/mol. The van der Waals surface area contributed by atoms with Crippen LogP contribution in [0.2, 0.25) is 0 Å². The monoisotopic (exact) mass is 226 g/mol. The fraction of sp³-hybridized carbons (Fsp3) is 0.455. The lowest BCUT2D eigenvalue weighted by Crippen LogP contribution is -2.14. The van der Waals surface area contributed by atoms with Crippen LogP contribution < -0.4 is 5.32 Å². The summed E-state index contributed by atoms with van der Waals surface area (Å²) in [5, 5.41) is 13.8. The van der Waals surface area contributed by atoms with Gasteiger partial charge in [-0.15, -0.1) is 0 Å². The molecule has 0 radical (unpaired) electrons. The first kappa shape index (κ1) is 12.4. The standard InChI is InChI=1S/C11H15FN2O2/c1-4-8(3)13-10-5-7(2)9(12)6-11(10)14(15)16/h5-6,8,13H,4H2,1-3H3. The van der Waals surface area contributed by atoms with E-state index in [0.717, 1.165) is 12.5 Å². The minimum Gasteiger partial charge on any atom is -0.377 e. The van der Waals surface area contributed by atoms with E-state index in [4.69, 9.17) is 0 Å². The molecule has 5 heteroatoms. The lowest BCUT2D eigenvalue weighted by atomic mass is 10.1. The van der Waals surface area contributed by atoms with Crippen molar-refractivity contribution in [2.45, 2.75) is 33.2 Å². The third kappa shape index (κ3) is 2.68. The lowest BCUT2D eigenvalue weighted by Gasteiger charge is -2.13. The van der Waals surface area contributed by atoms with Gasteiger partial charge in [-0.2, -0.15) is 0 Å². The maximum absolute atomic E-state index is 13.2. The summed E-state index contributed by atoms with van der Waals surface area (Å²) in [6, 6.07) is 2.54. The van der Waals surface area contributed by atoms with E-state index in [2.05, 4.69) is 5.32 Å². The molecule has 0 aliphatic carbocycles. The van der Waals surface area contributed by atoms with E-state index < -0.39 is 10.7 Å². The number of nitrogens with zero attached hydrogens (tertiary/aromatic N) is 1. The van der Waals surface area contributed by atoms with Crippen LogP contribution in [-0.2, 0) is 0 Å². The zero-order valence-electron chi connectivity index (χ0n) is 9.58. The zero-order valence-corrected chi connectivity index (χ0v) is 9.58. The highest BCUT2D eigenvalue weighted by Crippen LogP contribution is 2.28. The van der Waals surface area contributed by atoms with Crippen LogP contribution >= 0.6 is 0 Å². The van der Waals surface area contributed by atoms with Crippen molar-refractivity contribution in [2.75, 3.05) is 5.32 Å². The van der Waals surface area contributed by atoms with Crippen LogP contribution in [-0.4, -0.2) is 11.0 Å². The predicted octanol–water partition coefficient (Wildman–Crippen LogP) is 3.25. The molecule has 88 valence electrons. The van der Waals surface area contributed by atoms with Gasteiger partial charge in [0, 0.05) is 6.04 Å². The fourth-order valence-corrected chi connectivity index (χ4v) is 1.31. The van der Waals surface area contributed by atoms with Gasteiger partial charge >= 0.3 is 0 Å². The number of nitro benzene ring substituents is 1. The normalized spacial score (nSPS) is 12.2. The first-order valence-electron chi connectivity index (χ1n) is 5.16. The van der Waals surface area contributed by atoms with Crippen LogP contribution in [0.5, 0.6) is 0 Å². The van der Waals surface area contributed by atoms with Crippen molar-refractivity contribution in [1.82, 2.24) is 0 Å². The van der Waals surface area contributed by atoms with E-state index in [9.17, 15) is 14.5 Å². The van der Waals surface area contributed by atoms with E-state index in [1.165, 1.54) is 6.07 Å². The molecule has 1 unspecified atom stereocenters. The van der Waals surface area contributed by atoms with Gasteiger partial charge in [0.25, 0.3) is 5.69 Å². The Labute approximate surface area is 93.6 Å². The van der Waals surface area contributed by atoms with Gasteiger partial charge < -0.3 is 5.32 Å². The summed E-state index contributed by atoms with van der Waals surface area (Å²) < 4.78 is 13.2. The third-order valence-corrected chi connectivity index (χ3v) is 2.49. The molecule has 0 aromatic heterocycles. The summed E-state index contributed by atoms with van der Waals surface area (Å²) in [6.07, 6.45) is 0.841. The molecule has 1 N–H and O–H groups in total. The summed E-state index contributed by atoms with van der Waals surface area (Å²) >= 11 is 0. The van der Waals surface area contributed by atoms with Crippen LogP contribution in [0.25, 0.3) is 0 Å². The first-order chi connectivity index (χ1) is 7.45. The molecular weight excluding hydrogens is 211 g/mol. The molecule has 0 amide bonds. The number of benzene rings is 1. The van der Waals surface area contributed by atoms with Crippen LogP contribution in [0.3, 0.4) is 0 Å². The Kier molecular flexibility index (Phi) is 3.82. The highest BCUT2D eigenvalue weighted by Gasteiger charge is 2.17. The van der Waals surface area contributed by atoms with Crippen molar-refractivity contribution in [3.8, 4) is 0 Å². The Bertz CT molecular complexity index is 407. The first-order valence-corrected chi connectivity index (χ1v) is 5.16. The van der Waals surface area contributed by atoms with Gasteiger partial charge in [-0.25, -0.2) is 4.39 Å². The van der Waals surface area contributed by atoms with E-state index in [-0.39, 0.29) is 11.7 Å². The molecule has 1 aromatic carbocycles. The van der Waals surface area contributed by atoms with E-state index >= 15 is 0 Å². The number of nitrogens with one attached hydrogen (secondary N) is 1. The summed E-state index contributed by atoms with van der Waals surface area (Å²) in [5.74, 6) is -0.554. The van der Waals surface area contributed by atoms with Gasteiger partial charge in [0.15, 0.2) is 0 Å². The number of nitro groups is 1. The average Bonchev–Trinajstić information content (AvgIpc) is 2.22. The second-order valence-electron chi connectivity index (χ2n) is 3.83. The molecule has 0 bridgehead atoms. The second kappa shape index (κ2) is 4.92. The van der Waals surface area contributed by atoms with Gasteiger partial charge in [0.2, 0.25) is 0 Å². The topological polar surface area (TPSA) is 55.2 Å². The maximum atomic E-state index is 13.2. The number of hydrogen-bond acceptors (Lipinski definition) is 3. The van der Waals surface area contributed by atoms with Gasteiger partial charge in [0.1, 0.15) is 11.5 Å². The number of anilines is 1. The molecule has 0 fully saturated rings. The van der Waals surface area contributed by atoms with E-state index in [0.29, 0.717) is 11.3 Å². The summed E-state index contributed by atoms with van der Waals surface area (Å²) in [4.78, 5) is 10.2. The SMILES string of the molecule is CCC(C)Nc1cc(C)c(F)cc1[N+](=O)[O-]. The van der Waals surface area contributed by atoms with Gasteiger partial charge in [-0.3, -0.25) is 10.1 Å². The van der Waals surface area contributed by atoms with Gasteiger partial charge in [-0.05, 0) is 31.9 Å². The molecule has 0 heterocycles. The summed E-state index contributed by atoms with van der Waals surface area (Å²) in [6.45, 7) is 5.48. The van der Waals surface area contributed by atoms with E-state index in [1.54, 1.807) is 6.92 Å². The number of hydrogen-bond donors (Lipinski definition) is 1. The maximum Gasteiger partial charge on any atom is 0.295 e. The largest absolute Gasteiger partial charge is 0.377 e. The quantitative estimate of drug-likeness (QED) is 0.633. The minimum absolute atomic E-state index is 0.114. The summed E-state index contributed by atoms with van der Waals surface area (Å²) in [5.41, 5.74) is 0.554.